The monoisotopic (exact) mass is 307 g/mol. The summed E-state index contributed by atoms with van der Waals surface area (Å²) in [6, 6.07) is 8.16. The van der Waals surface area contributed by atoms with Gasteiger partial charge >= 0.3 is 0 Å². The topological polar surface area (TPSA) is 29.9 Å². The number of benzene rings is 1. The predicted octanol–water partition coefficient (Wildman–Crippen LogP) is 3.48. The molecule has 2 aromatic rings. The van der Waals surface area contributed by atoms with Gasteiger partial charge in [-0.1, -0.05) is 26.0 Å². The maximum absolute atomic E-state index is 4.53. The molecule has 1 aromatic heterocycles. The van der Waals surface area contributed by atoms with Crippen LogP contribution in [0.4, 0.5) is 0 Å². The lowest BCUT2D eigenvalue weighted by atomic mass is 10.1. The number of rotatable bonds is 4. The summed E-state index contributed by atoms with van der Waals surface area (Å²) in [5.41, 5.74) is 3.60. The van der Waals surface area contributed by atoms with Crippen molar-refractivity contribution in [1.82, 2.24) is 15.1 Å². The molecular weight excluding hydrogens is 290 g/mol. The molecule has 0 saturated carbocycles. The maximum Gasteiger partial charge on any atom is 0.0790 e. The van der Waals surface area contributed by atoms with Crippen LogP contribution in [-0.2, 0) is 6.54 Å². The zero-order valence-electron chi connectivity index (χ0n) is 10.9. The number of nitrogens with one attached hydrogen (secondary N) is 1. The van der Waals surface area contributed by atoms with Gasteiger partial charge in [0.1, 0.15) is 0 Å². The second kappa shape index (κ2) is 5.67. The molecule has 1 heterocycles. The molecule has 0 amide bonds. The van der Waals surface area contributed by atoms with Crippen molar-refractivity contribution in [3.63, 3.8) is 0 Å². The van der Waals surface area contributed by atoms with Gasteiger partial charge < -0.3 is 5.32 Å². The van der Waals surface area contributed by atoms with E-state index in [-0.39, 0.29) is 0 Å². The van der Waals surface area contributed by atoms with E-state index in [0.29, 0.717) is 5.92 Å². The largest absolute Gasteiger partial charge is 0.316 e. The minimum absolute atomic E-state index is 0.433. The zero-order valence-corrected chi connectivity index (χ0v) is 12.5. The van der Waals surface area contributed by atoms with E-state index in [1.807, 2.05) is 36.1 Å². The highest BCUT2D eigenvalue weighted by Crippen LogP contribution is 2.27. The van der Waals surface area contributed by atoms with E-state index in [2.05, 4.69) is 46.3 Å². The van der Waals surface area contributed by atoms with Gasteiger partial charge in [-0.2, -0.15) is 5.10 Å². The fraction of sp³-hybridized carbons (Fsp3) is 0.357. The van der Waals surface area contributed by atoms with Gasteiger partial charge in [-0.15, -0.1) is 0 Å². The molecule has 1 aromatic carbocycles. The Morgan fingerprint density at radius 2 is 2.06 bits per heavy atom. The van der Waals surface area contributed by atoms with E-state index in [9.17, 15) is 0 Å². The van der Waals surface area contributed by atoms with E-state index in [1.54, 1.807) is 0 Å². The molecule has 0 fully saturated rings. The summed E-state index contributed by atoms with van der Waals surface area (Å²) < 4.78 is 3.09. The van der Waals surface area contributed by atoms with Crippen molar-refractivity contribution >= 4 is 15.9 Å². The van der Waals surface area contributed by atoms with Crippen LogP contribution in [0.3, 0.4) is 0 Å². The molecule has 96 valence electrons. The van der Waals surface area contributed by atoms with Gasteiger partial charge in [0.2, 0.25) is 0 Å². The molecule has 0 bridgehead atoms. The minimum Gasteiger partial charge on any atom is -0.316 e. The molecular formula is C14H18BrN3. The Morgan fingerprint density at radius 3 is 2.67 bits per heavy atom. The number of halogens is 1. The molecule has 0 radical (unpaired) electrons. The molecule has 1 N–H and O–H groups in total. The van der Waals surface area contributed by atoms with Crippen molar-refractivity contribution in [2.75, 3.05) is 7.05 Å². The molecule has 0 spiro atoms. The molecule has 0 aliphatic rings. The van der Waals surface area contributed by atoms with Crippen LogP contribution in [0.15, 0.2) is 34.9 Å². The van der Waals surface area contributed by atoms with Crippen LogP contribution in [-0.4, -0.2) is 16.8 Å². The van der Waals surface area contributed by atoms with E-state index in [4.69, 9.17) is 0 Å². The molecule has 4 heteroatoms. The fourth-order valence-electron chi connectivity index (χ4n) is 2.15. The maximum atomic E-state index is 4.53. The molecule has 0 atom stereocenters. The Kier molecular flexibility index (Phi) is 4.19. The smallest absolute Gasteiger partial charge is 0.0790 e. The lowest BCUT2D eigenvalue weighted by Gasteiger charge is -2.13. The Labute approximate surface area is 116 Å². The summed E-state index contributed by atoms with van der Waals surface area (Å²) in [7, 11) is 1.96. The van der Waals surface area contributed by atoms with Crippen LogP contribution in [0, 0.1) is 0 Å². The highest BCUT2D eigenvalue weighted by atomic mass is 79.9. The lowest BCUT2D eigenvalue weighted by molar-refractivity contribution is 0.711. The molecule has 3 nitrogen and oxygen atoms in total. The number of para-hydroxylation sites is 1. The van der Waals surface area contributed by atoms with E-state index < -0.39 is 0 Å². The molecule has 0 aliphatic carbocycles. The van der Waals surface area contributed by atoms with E-state index in [1.165, 1.54) is 11.3 Å². The normalized spacial score (nSPS) is 11.2. The van der Waals surface area contributed by atoms with Gasteiger partial charge in [0, 0.05) is 16.6 Å². The summed E-state index contributed by atoms with van der Waals surface area (Å²) in [4.78, 5) is 0. The zero-order chi connectivity index (χ0) is 13.1. The van der Waals surface area contributed by atoms with Gasteiger partial charge in [0.05, 0.1) is 17.6 Å². The average Bonchev–Trinajstić information content (AvgIpc) is 2.74. The third-order valence-electron chi connectivity index (χ3n) is 2.88. The Hall–Kier alpha value is -1.13. The summed E-state index contributed by atoms with van der Waals surface area (Å²) >= 11 is 3.59. The summed E-state index contributed by atoms with van der Waals surface area (Å²) in [5, 5.41) is 7.73. The molecule has 0 saturated heterocycles. The number of nitrogens with zero attached hydrogens (tertiary/aromatic N) is 2. The standard InChI is InChI=1S/C14H18BrN3/c1-10(2)14-11(8-16-3)9-17-18(14)13-7-5-4-6-12(13)15/h4-7,9-10,16H,8H2,1-3H3. The van der Waals surface area contributed by atoms with Crippen molar-refractivity contribution in [3.05, 3.63) is 46.2 Å². The quantitative estimate of drug-likeness (QED) is 0.937. The fourth-order valence-corrected chi connectivity index (χ4v) is 2.60. The van der Waals surface area contributed by atoms with Crippen LogP contribution in [0.2, 0.25) is 0 Å². The second-order valence-corrected chi connectivity index (χ2v) is 5.46. The lowest BCUT2D eigenvalue weighted by Crippen LogP contribution is -2.10. The first-order valence-electron chi connectivity index (χ1n) is 6.11. The van der Waals surface area contributed by atoms with Crippen molar-refractivity contribution in [1.29, 1.82) is 0 Å². The van der Waals surface area contributed by atoms with Crippen molar-refractivity contribution in [3.8, 4) is 5.69 Å². The molecule has 18 heavy (non-hydrogen) atoms. The van der Waals surface area contributed by atoms with Crippen molar-refractivity contribution in [2.45, 2.75) is 26.3 Å². The number of hydrogen-bond acceptors (Lipinski definition) is 2. The van der Waals surface area contributed by atoms with Gasteiger partial charge in [-0.05, 0) is 41.0 Å². The van der Waals surface area contributed by atoms with Crippen LogP contribution in [0.5, 0.6) is 0 Å². The van der Waals surface area contributed by atoms with Crippen LogP contribution < -0.4 is 5.32 Å². The van der Waals surface area contributed by atoms with Gasteiger partial charge in [0.25, 0.3) is 0 Å². The van der Waals surface area contributed by atoms with Gasteiger partial charge in [-0.25, -0.2) is 4.68 Å². The first kappa shape index (κ1) is 13.3. The number of hydrogen-bond donors (Lipinski definition) is 1. The van der Waals surface area contributed by atoms with Crippen LogP contribution in [0.1, 0.15) is 31.0 Å². The first-order valence-corrected chi connectivity index (χ1v) is 6.90. The van der Waals surface area contributed by atoms with E-state index in [0.717, 1.165) is 16.7 Å². The van der Waals surface area contributed by atoms with Crippen LogP contribution in [0.25, 0.3) is 5.69 Å². The predicted molar refractivity (Wildman–Crippen MR) is 78.1 cm³/mol. The van der Waals surface area contributed by atoms with E-state index >= 15 is 0 Å². The highest BCUT2D eigenvalue weighted by molar-refractivity contribution is 9.10. The number of aromatic nitrogens is 2. The van der Waals surface area contributed by atoms with Crippen molar-refractivity contribution < 1.29 is 0 Å². The first-order chi connectivity index (χ1) is 8.65. The van der Waals surface area contributed by atoms with Crippen LogP contribution >= 0.6 is 15.9 Å². The molecule has 0 aliphatic heterocycles. The third-order valence-corrected chi connectivity index (χ3v) is 3.55. The van der Waals surface area contributed by atoms with Gasteiger partial charge in [0.15, 0.2) is 0 Å². The summed E-state index contributed by atoms with van der Waals surface area (Å²) in [6.07, 6.45) is 1.95. The molecule has 2 rings (SSSR count). The summed E-state index contributed by atoms with van der Waals surface area (Å²) in [5.74, 6) is 0.433. The second-order valence-electron chi connectivity index (χ2n) is 4.60. The Bertz CT molecular complexity index is 532. The SMILES string of the molecule is CNCc1cnn(-c2ccccc2Br)c1C(C)C. The average molecular weight is 308 g/mol. The Balaban J connectivity index is 2.55. The Morgan fingerprint density at radius 1 is 1.33 bits per heavy atom. The molecule has 0 unspecified atom stereocenters. The highest BCUT2D eigenvalue weighted by Gasteiger charge is 2.16. The third kappa shape index (κ3) is 2.49. The minimum atomic E-state index is 0.433. The van der Waals surface area contributed by atoms with Gasteiger partial charge in [-0.3, -0.25) is 0 Å². The van der Waals surface area contributed by atoms with Crippen molar-refractivity contribution in [2.24, 2.45) is 0 Å². The summed E-state index contributed by atoms with van der Waals surface area (Å²) in [6.45, 7) is 5.24.